The fraction of sp³-hybridized carbons (Fsp3) is 0.400. The number of aromatic nitrogens is 1. The van der Waals surface area contributed by atoms with Gasteiger partial charge in [0.15, 0.2) is 0 Å². The van der Waals surface area contributed by atoms with Crippen LogP contribution in [0.4, 0.5) is 5.82 Å². The van der Waals surface area contributed by atoms with Crippen molar-refractivity contribution in [3.63, 3.8) is 0 Å². The Kier molecular flexibility index (Phi) is 2.71. The van der Waals surface area contributed by atoms with Gasteiger partial charge < -0.3 is 10.1 Å². The molecule has 0 aliphatic carbocycles. The van der Waals surface area contributed by atoms with E-state index in [1.165, 1.54) is 10.9 Å². The summed E-state index contributed by atoms with van der Waals surface area (Å²) in [4.78, 5) is 4.72. The number of rotatable bonds is 2. The van der Waals surface area contributed by atoms with Crippen molar-refractivity contribution in [1.29, 1.82) is 0 Å². The Bertz CT molecular complexity index is 574. The molecular weight excluding hydrogens is 224 g/mol. The van der Waals surface area contributed by atoms with Gasteiger partial charge in [0.05, 0.1) is 17.7 Å². The van der Waals surface area contributed by atoms with Gasteiger partial charge in [-0.1, -0.05) is 18.2 Å². The van der Waals surface area contributed by atoms with E-state index in [0.29, 0.717) is 0 Å². The van der Waals surface area contributed by atoms with Crippen LogP contribution in [0.1, 0.15) is 18.9 Å². The average molecular weight is 242 g/mol. The SMILES string of the molecule is Cc1cc2ccccc2nc1NC1(C)CCOC1. The van der Waals surface area contributed by atoms with Gasteiger partial charge in [0.25, 0.3) is 0 Å². The fourth-order valence-electron chi connectivity index (χ4n) is 2.40. The predicted molar refractivity (Wildman–Crippen MR) is 73.9 cm³/mol. The summed E-state index contributed by atoms with van der Waals surface area (Å²) in [5.41, 5.74) is 2.23. The molecule has 1 aromatic carbocycles. The van der Waals surface area contributed by atoms with Crippen LogP contribution < -0.4 is 5.32 Å². The second-order valence-corrected chi connectivity index (χ2v) is 5.33. The first-order valence-electron chi connectivity index (χ1n) is 6.39. The van der Waals surface area contributed by atoms with Crippen LogP contribution in [-0.2, 0) is 4.74 Å². The van der Waals surface area contributed by atoms with Gasteiger partial charge in [-0.15, -0.1) is 0 Å². The van der Waals surface area contributed by atoms with Crippen LogP contribution in [0, 0.1) is 6.92 Å². The standard InChI is InChI=1S/C15H18N2O/c1-11-9-12-5-3-4-6-13(12)16-14(11)17-15(2)7-8-18-10-15/h3-6,9H,7-8,10H2,1-2H3,(H,16,17). The lowest BCUT2D eigenvalue weighted by Gasteiger charge is -2.25. The van der Waals surface area contributed by atoms with Gasteiger partial charge in [0.2, 0.25) is 0 Å². The summed E-state index contributed by atoms with van der Waals surface area (Å²) in [6.07, 6.45) is 1.03. The van der Waals surface area contributed by atoms with Crippen LogP contribution in [0.2, 0.25) is 0 Å². The van der Waals surface area contributed by atoms with E-state index in [9.17, 15) is 0 Å². The summed E-state index contributed by atoms with van der Waals surface area (Å²) < 4.78 is 5.47. The molecule has 1 aliphatic heterocycles. The Morgan fingerprint density at radius 2 is 2.17 bits per heavy atom. The highest BCUT2D eigenvalue weighted by molar-refractivity contribution is 5.81. The molecule has 0 radical (unpaired) electrons. The van der Waals surface area contributed by atoms with Gasteiger partial charge in [-0.05, 0) is 38.0 Å². The highest BCUT2D eigenvalue weighted by atomic mass is 16.5. The third-order valence-electron chi connectivity index (χ3n) is 3.55. The van der Waals surface area contributed by atoms with Crippen molar-refractivity contribution in [2.75, 3.05) is 18.5 Å². The highest BCUT2D eigenvalue weighted by Gasteiger charge is 2.30. The molecule has 1 unspecified atom stereocenters. The van der Waals surface area contributed by atoms with Crippen molar-refractivity contribution in [2.24, 2.45) is 0 Å². The van der Waals surface area contributed by atoms with E-state index in [2.05, 4.69) is 31.3 Å². The van der Waals surface area contributed by atoms with E-state index in [1.807, 2.05) is 18.2 Å². The van der Waals surface area contributed by atoms with Crippen molar-refractivity contribution in [1.82, 2.24) is 4.98 Å². The lowest BCUT2D eigenvalue weighted by molar-refractivity contribution is 0.185. The molecule has 94 valence electrons. The summed E-state index contributed by atoms with van der Waals surface area (Å²) in [6.45, 7) is 5.87. The number of benzene rings is 1. The van der Waals surface area contributed by atoms with Gasteiger partial charge in [0, 0.05) is 12.0 Å². The molecule has 0 amide bonds. The predicted octanol–water partition coefficient (Wildman–Crippen LogP) is 3.13. The van der Waals surface area contributed by atoms with Crippen molar-refractivity contribution in [3.8, 4) is 0 Å². The molecule has 1 atom stereocenters. The summed E-state index contributed by atoms with van der Waals surface area (Å²) >= 11 is 0. The van der Waals surface area contributed by atoms with Gasteiger partial charge in [-0.3, -0.25) is 0 Å². The van der Waals surface area contributed by atoms with Gasteiger partial charge in [-0.25, -0.2) is 4.98 Å². The number of fused-ring (bicyclic) bond motifs is 1. The minimum absolute atomic E-state index is 0.0141. The topological polar surface area (TPSA) is 34.2 Å². The maximum Gasteiger partial charge on any atom is 0.130 e. The largest absolute Gasteiger partial charge is 0.379 e. The zero-order valence-electron chi connectivity index (χ0n) is 10.9. The first kappa shape index (κ1) is 11.5. The minimum atomic E-state index is 0.0141. The first-order valence-corrected chi connectivity index (χ1v) is 6.39. The number of anilines is 1. The van der Waals surface area contributed by atoms with Crippen LogP contribution in [0.25, 0.3) is 10.9 Å². The van der Waals surface area contributed by atoms with Crippen molar-refractivity contribution in [3.05, 3.63) is 35.9 Å². The molecule has 2 aromatic rings. The number of hydrogen-bond acceptors (Lipinski definition) is 3. The van der Waals surface area contributed by atoms with E-state index in [-0.39, 0.29) is 5.54 Å². The minimum Gasteiger partial charge on any atom is -0.379 e. The highest BCUT2D eigenvalue weighted by Crippen LogP contribution is 2.26. The molecule has 3 nitrogen and oxygen atoms in total. The number of aryl methyl sites for hydroxylation is 1. The Hall–Kier alpha value is -1.61. The second kappa shape index (κ2) is 4.25. The third kappa shape index (κ3) is 2.06. The quantitative estimate of drug-likeness (QED) is 0.878. The smallest absolute Gasteiger partial charge is 0.130 e. The van der Waals surface area contributed by atoms with Crippen molar-refractivity contribution in [2.45, 2.75) is 25.8 Å². The van der Waals surface area contributed by atoms with Crippen LogP contribution in [0.5, 0.6) is 0 Å². The van der Waals surface area contributed by atoms with Crippen LogP contribution >= 0.6 is 0 Å². The molecule has 0 bridgehead atoms. The summed E-state index contributed by atoms with van der Waals surface area (Å²) in [6, 6.07) is 10.4. The van der Waals surface area contributed by atoms with Gasteiger partial charge in [-0.2, -0.15) is 0 Å². The van der Waals surface area contributed by atoms with E-state index in [0.717, 1.165) is 31.0 Å². The molecule has 1 fully saturated rings. The Labute approximate surface area is 107 Å². The molecule has 2 heterocycles. The van der Waals surface area contributed by atoms with Crippen molar-refractivity contribution < 1.29 is 4.74 Å². The monoisotopic (exact) mass is 242 g/mol. The Morgan fingerprint density at radius 1 is 1.33 bits per heavy atom. The number of ether oxygens (including phenoxy) is 1. The average Bonchev–Trinajstić information content (AvgIpc) is 2.77. The zero-order valence-corrected chi connectivity index (χ0v) is 10.9. The molecule has 18 heavy (non-hydrogen) atoms. The number of nitrogens with one attached hydrogen (secondary N) is 1. The molecular formula is C15H18N2O. The van der Waals surface area contributed by atoms with E-state index >= 15 is 0 Å². The molecule has 1 N–H and O–H groups in total. The maximum absolute atomic E-state index is 5.47. The number of nitrogens with zero attached hydrogens (tertiary/aromatic N) is 1. The summed E-state index contributed by atoms with van der Waals surface area (Å²) in [5, 5.41) is 4.73. The van der Waals surface area contributed by atoms with E-state index < -0.39 is 0 Å². The second-order valence-electron chi connectivity index (χ2n) is 5.33. The molecule has 3 rings (SSSR count). The van der Waals surface area contributed by atoms with E-state index in [1.54, 1.807) is 0 Å². The molecule has 1 aliphatic rings. The maximum atomic E-state index is 5.47. The number of pyridine rings is 1. The van der Waals surface area contributed by atoms with Crippen LogP contribution in [0.3, 0.4) is 0 Å². The van der Waals surface area contributed by atoms with Gasteiger partial charge in [0.1, 0.15) is 5.82 Å². The van der Waals surface area contributed by atoms with Gasteiger partial charge >= 0.3 is 0 Å². The first-order chi connectivity index (χ1) is 8.66. The molecule has 0 spiro atoms. The lowest BCUT2D eigenvalue weighted by Crippen LogP contribution is -2.35. The van der Waals surface area contributed by atoms with E-state index in [4.69, 9.17) is 9.72 Å². The Morgan fingerprint density at radius 3 is 2.94 bits per heavy atom. The zero-order chi connectivity index (χ0) is 12.6. The Balaban J connectivity index is 1.98. The lowest BCUT2D eigenvalue weighted by atomic mass is 10.0. The fourth-order valence-corrected chi connectivity index (χ4v) is 2.40. The van der Waals surface area contributed by atoms with Crippen molar-refractivity contribution >= 4 is 16.7 Å². The number of para-hydroxylation sites is 1. The molecule has 3 heteroatoms. The molecule has 0 saturated carbocycles. The van der Waals surface area contributed by atoms with Crippen LogP contribution in [0.15, 0.2) is 30.3 Å². The normalized spacial score (nSPS) is 23.4. The molecule has 1 saturated heterocycles. The summed E-state index contributed by atoms with van der Waals surface area (Å²) in [7, 11) is 0. The third-order valence-corrected chi connectivity index (χ3v) is 3.55. The summed E-state index contributed by atoms with van der Waals surface area (Å²) in [5.74, 6) is 0.974. The molecule has 1 aromatic heterocycles. The number of hydrogen-bond donors (Lipinski definition) is 1. The van der Waals surface area contributed by atoms with Crippen LogP contribution in [-0.4, -0.2) is 23.7 Å².